The van der Waals surface area contributed by atoms with Crippen LogP contribution in [-0.2, 0) is 0 Å². The summed E-state index contributed by atoms with van der Waals surface area (Å²) in [6.07, 6.45) is 2.01. The van der Waals surface area contributed by atoms with Crippen molar-refractivity contribution in [3.63, 3.8) is 0 Å². The number of carbonyl (C=O) groups is 1. The molecule has 0 unspecified atom stereocenters. The molecule has 0 radical (unpaired) electrons. The van der Waals surface area contributed by atoms with Crippen LogP contribution in [0.5, 0.6) is 0 Å². The Balaban J connectivity index is 1.84. The Morgan fingerprint density at radius 3 is 2.35 bits per heavy atom. The molecule has 1 N–H and O–H groups in total. The summed E-state index contributed by atoms with van der Waals surface area (Å²) in [5, 5.41) is 3.57. The number of hydrogen-bond acceptors (Lipinski definition) is 1. The third kappa shape index (κ3) is 2.53. The monoisotopic (exact) mass is 284 g/mol. The molecular weight excluding hydrogens is 272 g/mol. The third-order valence-electron chi connectivity index (χ3n) is 3.19. The van der Waals surface area contributed by atoms with E-state index >= 15 is 0 Å². The Morgan fingerprint density at radius 1 is 1.00 bits per heavy atom. The molecule has 20 heavy (non-hydrogen) atoms. The molecule has 100 valence electrons. The summed E-state index contributed by atoms with van der Waals surface area (Å²) in [6.45, 7) is 0.539. The third-order valence-corrected chi connectivity index (χ3v) is 3.44. The standard InChI is InChI=1S/C16H13ClN2O/c17-13-6-8-14(9-7-13)19-11-10-15(18-16(19)20)12-4-2-1-3-5-12/h1-10H,11H2,(H,18,20). The number of benzene rings is 2. The molecule has 2 aromatic rings. The summed E-state index contributed by atoms with van der Waals surface area (Å²) >= 11 is 5.86. The number of amides is 2. The number of hydrogen-bond donors (Lipinski definition) is 1. The smallest absolute Gasteiger partial charge is 0.307 e. The van der Waals surface area contributed by atoms with Gasteiger partial charge in [-0.2, -0.15) is 0 Å². The molecule has 2 amide bonds. The predicted molar refractivity (Wildman–Crippen MR) is 81.7 cm³/mol. The van der Waals surface area contributed by atoms with Gasteiger partial charge in [-0.25, -0.2) is 4.79 Å². The lowest BCUT2D eigenvalue weighted by Crippen LogP contribution is -2.43. The second-order valence-electron chi connectivity index (χ2n) is 4.50. The van der Waals surface area contributed by atoms with E-state index in [1.165, 1.54) is 0 Å². The van der Waals surface area contributed by atoms with Crippen LogP contribution in [0, 0.1) is 0 Å². The highest BCUT2D eigenvalue weighted by molar-refractivity contribution is 6.30. The van der Waals surface area contributed by atoms with Gasteiger partial charge in [0.2, 0.25) is 0 Å². The molecule has 0 saturated heterocycles. The first-order valence-corrected chi connectivity index (χ1v) is 6.71. The van der Waals surface area contributed by atoms with Crippen molar-refractivity contribution in [1.82, 2.24) is 5.32 Å². The first-order valence-electron chi connectivity index (χ1n) is 6.34. The van der Waals surface area contributed by atoms with E-state index in [2.05, 4.69) is 5.32 Å². The van der Waals surface area contributed by atoms with Crippen LogP contribution in [0.4, 0.5) is 10.5 Å². The Morgan fingerprint density at radius 2 is 1.70 bits per heavy atom. The quantitative estimate of drug-likeness (QED) is 0.891. The van der Waals surface area contributed by atoms with Crippen molar-refractivity contribution in [2.24, 2.45) is 0 Å². The number of urea groups is 1. The second-order valence-corrected chi connectivity index (χ2v) is 4.94. The Bertz CT molecular complexity index is 650. The van der Waals surface area contributed by atoms with Gasteiger partial charge in [-0.3, -0.25) is 4.90 Å². The maximum atomic E-state index is 12.2. The van der Waals surface area contributed by atoms with E-state index in [9.17, 15) is 4.79 Å². The van der Waals surface area contributed by atoms with Gasteiger partial charge in [0.25, 0.3) is 0 Å². The zero-order valence-corrected chi connectivity index (χ0v) is 11.5. The fourth-order valence-electron chi connectivity index (χ4n) is 2.15. The summed E-state index contributed by atoms with van der Waals surface area (Å²) in [7, 11) is 0. The minimum absolute atomic E-state index is 0.131. The van der Waals surface area contributed by atoms with Gasteiger partial charge in [-0.05, 0) is 35.9 Å². The minimum atomic E-state index is -0.131. The maximum absolute atomic E-state index is 12.2. The fraction of sp³-hybridized carbons (Fsp3) is 0.0625. The Kier molecular flexibility index (Phi) is 3.44. The molecule has 1 aliphatic heterocycles. The Labute approximate surface area is 122 Å². The number of anilines is 1. The van der Waals surface area contributed by atoms with E-state index in [4.69, 9.17) is 11.6 Å². The van der Waals surface area contributed by atoms with Crippen LogP contribution in [0.2, 0.25) is 5.02 Å². The van der Waals surface area contributed by atoms with Crippen LogP contribution >= 0.6 is 11.6 Å². The van der Waals surface area contributed by atoms with Crippen LogP contribution in [0.1, 0.15) is 5.56 Å². The molecule has 0 atom stereocenters. The normalized spacial score (nSPS) is 14.8. The van der Waals surface area contributed by atoms with Crippen molar-refractivity contribution in [1.29, 1.82) is 0 Å². The molecule has 0 aromatic heterocycles. The number of nitrogens with zero attached hydrogens (tertiary/aromatic N) is 1. The highest BCUT2D eigenvalue weighted by Gasteiger charge is 2.20. The van der Waals surface area contributed by atoms with Gasteiger partial charge in [-0.15, -0.1) is 0 Å². The van der Waals surface area contributed by atoms with Crippen molar-refractivity contribution in [3.8, 4) is 0 Å². The van der Waals surface area contributed by atoms with E-state index in [1.54, 1.807) is 17.0 Å². The molecule has 0 fully saturated rings. The van der Waals surface area contributed by atoms with E-state index in [-0.39, 0.29) is 6.03 Å². The van der Waals surface area contributed by atoms with Crippen molar-refractivity contribution >= 4 is 29.0 Å². The molecule has 4 heteroatoms. The molecule has 0 spiro atoms. The van der Waals surface area contributed by atoms with Gasteiger partial charge >= 0.3 is 6.03 Å². The largest absolute Gasteiger partial charge is 0.326 e. The lowest BCUT2D eigenvalue weighted by molar-refractivity contribution is 0.250. The molecule has 1 aliphatic rings. The second kappa shape index (κ2) is 5.39. The average Bonchev–Trinajstić information content (AvgIpc) is 2.49. The van der Waals surface area contributed by atoms with Gasteiger partial charge in [0.15, 0.2) is 0 Å². The van der Waals surface area contributed by atoms with Crippen LogP contribution in [-0.4, -0.2) is 12.6 Å². The number of nitrogens with one attached hydrogen (secondary N) is 1. The fourth-order valence-corrected chi connectivity index (χ4v) is 2.28. The molecule has 2 aromatic carbocycles. The van der Waals surface area contributed by atoms with E-state index in [0.29, 0.717) is 11.6 Å². The van der Waals surface area contributed by atoms with Gasteiger partial charge in [0.05, 0.1) is 0 Å². The zero-order valence-electron chi connectivity index (χ0n) is 10.7. The summed E-state index contributed by atoms with van der Waals surface area (Å²) in [6, 6.07) is 16.9. The molecule has 3 nitrogen and oxygen atoms in total. The minimum Gasteiger partial charge on any atom is -0.307 e. The molecule has 1 heterocycles. The first-order chi connectivity index (χ1) is 9.74. The number of halogens is 1. The van der Waals surface area contributed by atoms with Crippen LogP contribution in [0.25, 0.3) is 5.70 Å². The van der Waals surface area contributed by atoms with Crippen LogP contribution in [0.3, 0.4) is 0 Å². The van der Waals surface area contributed by atoms with Gasteiger partial charge < -0.3 is 5.32 Å². The maximum Gasteiger partial charge on any atom is 0.326 e. The topological polar surface area (TPSA) is 32.3 Å². The summed E-state index contributed by atoms with van der Waals surface area (Å²) < 4.78 is 0. The molecule has 0 aliphatic carbocycles. The van der Waals surface area contributed by atoms with E-state index in [1.807, 2.05) is 48.5 Å². The van der Waals surface area contributed by atoms with Crippen molar-refractivity contribution in [2.75, 3.05) is 11.4 Å². The highest BCUT2D eigenvalue weighted by Crippen LogP contribution is 2.22. The predicted octanol–water partition coefficient (Wildman–Crippen LogP) is 3.91. The molecular formula is C16H13ClN2O. The van der Waals surface area contributed by atoms with Crippen LogP contribution in [0.15, 0.2) is 60.7 Å². The molecule has 0 bridgehead atoms. The van der Waals surface area contributed by atoms with Gasteiger partial charge in [-0.1, -0.05) is 41.9 Å². The average molecular weight is 285 g/mol. The zero-order chi connectivity index (χ0) is 13.9. The summed E-state index contributed by atoms with van der Waals surface area (Å²) in [4.78, 5) is 13.9. The lowest BCUT2D eigenvalue weighted by Gasteiger charge is -2.27. The van der Waals surface area contributed by atoms with Crippen LogP contribution < -0.4 is 10.2 Å². The SMILES string of the molecule is O=C1NC(c2ccccc2)=CCN1c1ccc(Cl)cc1. The van der Waals surface area contributed by atoms with Crippen molar-refractivity contribution < 1.29 is 4.79 Å². The molecule has 3 rings (SSSR count). The molecule has 0 saturated carbocycles. The number of rotatable bonds is 2. The Hall–Kier alpha value is -2.26. The van der Waals surface area contributed by atoms with E-state index in [0.717, 1.165) is 16.9 Å². The highest BCUT2D eigenvalue weighted by atomic mass is 35.5. The van der Waals surface area contributed by atoms with Gasteiger partial charge in [0, 0.05) is 23.0 Å². The number of carbonyl (C=O) groups excluding carboxylic acids is 1. The summed E-state index contributed by atoms with van der Waals surface area (Å²) in [5.41, 5.74) is 2.69. The first kappa shape index (κ1) is 12.8. The van der Waals surface area contributed by atoms with Crippen molar-refractivity contribution in [2.45, 2.75) is 0 Å². The van der Waals surface area contributed by atoms with Gasteiger partial charge in [0.1, 0.15) is 0 Å². The van der Waals surface area contributed by atoms with E-state index < -0.39 is 0 Å². The lowest BCUT2D eigenvalue weighted by atomic mass is 10.1. The van der Waals surface area contributed by atoms with Crippen molar-refractivity contribution in [3.05, 3.63) is 71.3 Å². The summed E-state index contributed by atoms with van der Waals surface area (Å²) in [5.74, 6) is 0.